The fourth-order valence-corrected chi connectivity index (χ4v) is 4.58. The molecule has 6 heteroatoms. The van der Waals surface area contributed by atoms with E-state index in [4.69, 9.17) is 11.6 Å². The standard InChI is InChI=1S/C19H22ClFN2OS/c1-2-13-8-11-25-18(13)19(24)22-12-16(23-9-3-4-10-23)17-14(20)6-5-7-15(17)21/h5-8,11,16H,2-4,9-10,12H2,1H3,(H,22,24)/t16-/m0/s1. The smallest absolute Gasteiger partial charge is 0.261 e. The average molecular weight is 381 g/mol. The lowest BCUT2D eigenvalue weighted by Crippen LogP contribution is -2.37. The number of carbonyl (C=O) groups excluding carboxylic acids is 1. The Hall–Kier alpha value is -1.43. The second kappa shape index (κ2) is 8.30. The number of carbonyl (C=O) groups is 1. The molecule has 134 valence electrons. The van der Waals surface area contributed by atoms with Gasteiger partial charge in [0.15, 0.2) is 0 Å². The molecule has 2 aromatic rings. The van der Waals surface area contributed by atoms with Crippen molar-refractivity contribution in [1.29, 1.82) is 0 Å². The van der Waals surface area contributed by atoms with Gasteiger partial charge in [0.2, 0.25) is 0 Å². The Morgan fingerprint density at radius 3 is 2.80 bits per heavy atom. The van der Waals surface area contributed by atoms with Crippen molar-refractivity contribution in [2.45, 2.75) is 32.2 Å². The summed E-state index contributed by atoms with van der Waals surface area (Å²) in [4.78, 5) is 15.5. The summed E-state index contributed by atoms with van der Waals surface area (Å²) in [7, 11) is 0. The lowest BCUT2D eigenvalue weighted by molar-refractivity contribution is 0.0940. The number of aryl methyl sites for hydroxylation is 1. The molecule has 3 rings (SSSR count). The first-order valence-electron chi connectivity index (χ1n) is 8.64. The van der Waals surface area contributed by atoms with Gasteiger partial charge in [0.05, 0.1) is 10.9 Å². The van der Waals surface area contributed by atoms with Gasteiger partial charge in [-0.05, 0) is 61.5 Å². The van der Waals surface area contributed by atoms with Crippen LogP contribution in [-0.2, 0) is 6.42 Å². The number of amides is 1. The third-order valence-corrected chi connectivity index (χ3v) is 5.99. The number of hydrogen-bond donors (Lipinski definition) is 1. The molecule has 0 unspecified atom stereocenters. The molecule has 1 fully saturated rings. The van der Waals surface area contributed by atoms with Gasteiger partial charge in [-0.3, -0.25) is 9.69 Å². The number of rotatable bonds is 6. The van der Waals surface area contributed by atoms with Crippen molar-refractivity contribution in [1.82, 2.24) is 10.2 Å². The SMILES string of the molecule is CCc1ccsc1C(=O)NC[C@@H](c1c(F)cccc1Cl)N1CCCC1. The minimum atomic E-state index is -0.316. The zero-order chi connectivity index (χ0) is 17.8. The maximum absolute atomic E-state index is 14.4. The van der Waals surface area contributed by atoms with Gasteiger partial charge in [-0.2, -0.15) is 0 Å². The van der Waals surface area contributed by atoms with Crippen molar-refractivity contribution in [3.8, 4) is 0 Å². The lowest BCUT2D eigenvalue weighted by Gasteiger charge is -2.29. The number of thiophene rings is 1. The normalized spacial score (nSPS) is 16.1. The molecule has 1 aliphatic heterocycles. The van der Waals surface area contributed by atoms with Crippen LogP contribution in [0.15, 0.2) is 29.6 Å². The van der Waals surface area contributed by atoms with Crippen molar-refractivity contribution in [3.05, 3.63) is 56.5 Å². The molecular formula is C19H22ClFN2OS. The van der Waals surface area contributed by atoms with Gasteiger partial charge in [-0.1, -0.05) is 24.6 Å². The summed E-state index contributed by atoms with van der Waals surface area (Å²) in [5.41, 5.74) is 1.53. The molecule has 1 atom stereocenters. The first-order valence-corrected chi connectivity index (χ1v) is 9.90. The highest BCUT2D eigenvalue weighted by molar-refractivity contribution is 7.12. The Morgan fingerprint density at radius 2 is 2.12 bits per heavy atom. The second-order valence-electron chi connectivity index (χ2n) is 6.23. The van der Waals surface area contributed by atoms with E-state index in [1.165, 1.54) is 17.4 Å². The number of likely N-dealkylation sites (tertiary alicyclic amines) is 1. The van der Waals surface area contributed by atoms with Gasteiger partial charge in [0.1, 0.15) is 5.82 Å². The van der Waals surface area contributed by atoms with E-state index < -0.39 is 0 Å². The van der Waals surface area contributed by atoms with Crippen molar-refractivity contribution in [2.24, 2.45) is 0 Å². The first-order chi connectivity index (χ1) is 12.1. The summed E-state index contributed by atoms with van der Waals surface area (Å²) in [6.45, 7) is 4.17. The van der Waals surface area contributed by atoms with Crippen LogP contribution in [0.5, 0.6) is 0 Å². The summed E-state index contributed by atoms with van der Waals surface area (Å²) in [6.07, 6.45) is 2.99. The molecule has 0 spiro atoms. The summed E-state index contributed by atoms with van der Waals surface area (Å²) in [6, 6.07) is 6.48. The van der Waals surface area contributed by atoms with Gasteiger partial charge in [-0.25, -0.2) is 4.39 Å². The lowest BCUT2D eigenvalue weighted by atomic mass is 10.0. The maximum Gasteiger partial charge on any atom is 0.261 e. The van der Waals surface area contributed by atoms with E-state index in [1.807, 2.05) is 18.4 Å². The Kier molecular flexibility index (Phi) is 6.10. The van der Waals surface area contributed by atoms with Crippen LogP contribution in [0.3, 0.4) is 0 Å². The summed E-state index contributed by atoms with van der Waals surface area (Å²) >= 11 is 7.73. The quantitative estimate of drug-likeness (QED) is 0.789. The number of nitrogens with one attached hydrogen (secondary N) is 1. The number of hydrogen-bond acceptors (Lipinski definition) is 3. The van der Waals surface area contributed by atoms with Crippen LogP contribution in [0.25, 0.3) is 0 Å². The molecule has 0 saturated carbocycles. The van der Waals surface area contributed by atoms with Gasteiger partial charge in [0, 0.05) is 17.1 Å². The molecule has 3 nitrogen and oxygen atoms in total. The molecule has 0 radical (unpaired) electrons. The van der Waals surface area contributed by atoms with Gasteiger partial charge < -0.3 is 5.32 Å². The number of nitrogens with zero attached hydrogens (tertiary/aromatic N) is 1. The van der Waals surface area contributed by atoms with Crippen molar-refractivity contribution in [2.75, 3.05) is 19.6 Å². The molecule has 2 heterocycles. The summed E-state index contributed by atoms with van der Waals surface area (Å²) in [5, 5.41) is 5.34. The van der Waals surface area contributed by atoms with E-state index in [0.29, 0.717) is 17.1 Å². The van der Waals surface area contributed by atoms with E-state index in [0.717, 1.165) is 42.8 Å². The van der Waals surface area contributed by atoms with Crippen LogP contribution < -0.4 is 5.32 Å². The second-order valence-corrected chi connectivity index (χ2v) is 7.56. The van der Waals surface area contributed by atoms with E-state index in [2.05, 4.69) is 10.2 Å². The summed E-state index contributed by atoms with van der Waals surface area (Å²) < 4.78 is 14.4. The van der Waals surface area contributed by atoms with Crippen LogP contribution >= 0.6 is 22.9 Å². The van der Waals surface area contributed by atoms with Crippen LogP contribution in [0.4, 0.5) is 4.39 Å². The van der Waals surface area contributed by atoms with Crippen LogP contribution in [0.1, 0.15) is 46.6 Å². The van der Waals surface area contributed by atoms with Crippen molar-refractivity contribution < 1.29 is 9.18 Å². The fraction of sp³-hybridized carbons (Fsp3) is 0.421. The van der Waals surface area contributed by atoms with Crippen molar-refractivity contribution in [3.63, 3.8) is 0 Å². The Labute approximate surface area is 156 Å². The zero-order valence-electron chi connectivity index (χ0n) is 14.2. The van der Waals surface area contributed by atoms with Gasteiger partial charge >= 0.3 is 0 Å². The molecule has 1 aromatic heterocycles. The largest absolute Gasteiger partial charge is 0.349 e. The molecule has 1 aromatic carbocycles. The highest BCUT2D eigenvalue weighted by atomic mass is 35.5. The molecule has 1 aliphatic rings. The van der Waals surface area contributed by atoms with Crippen molar-refractivity contribution >= 4 is 28.8 Å². The minimum absolute atomic E-state index is 0.0940. The topological polar surface area (TPSA) is 32.3 Å². The highest BCUT2D eigenvalue weighted by Gasteiger charge is 2.28. The van der Waals surface area contributed by atoms with Gasteiger partial charge in [-0.15, -0.1) is 11.3 Å². The minimum Gasteiger partial charge on any atom is -0.349 e. The Morgan fingerprint density at radius 1 is 1.36 bits per heavy atom. The average Bonchev–Trinajstić information content (AvgIpc) is 3.28. The van der Waals surface area contributed by atoms with E-state index in [1.54, 1.807) is 12.1 Å². The van der Waals surface area contributed by atoms with E-state index in [-0.39, 0.29) is 17.8 Å². The van der Waals surface area contributed by atoms with Gasteiger partial charge in [0.25, 0.3) is 5.91 Å². The molecular weight excluding hydrogens is 359 g/mol. The highest BCUT2D eigenvalue weighted by Crippen LogP contribution is 2.32. The summed E-state index contributed by atoms with van der Waals surface area (Å²) in [5.74, 6) is -0.410. The van der Waals surface area contributed by atoms with Crippen LogP contribution in [0, 0.1) is 5.82 Å². The Balaban J connectivity index is 1.80. The number of halogens is 2. The van der Waals surface area contributed by atoms with E-state index in [9.17, 15) is 9.18 Å². The molecule has 0 aliphatic carbocycles. The third kappa shape index (κ3) is 4.05. The van der Waals surface area contributed by atoms with Crippen LogP contribution in [0.2, 0.25) is 5.02 Å². The zero-order valence-corrected chi connectivity index (χ0v) is 15.8. The monoisotopic (exact) mass is 380 g/mol. The molecule has 1 N–H and O–H groups in total. The molecule has 1 saturated heterocycles. The maximum atomic E-state index is 14.4. The fourth-order valence-electron chi connectivity index (χ4n) is 3.38. The molecule has 25 heavy (non-hydrogen) atoms. The van der Waals surface area contributed by atoms with E-state index >= 15 is 0 Å². The molecule has 0 bridgehead atoms. The third-order valence-electron chi connectivity index (χ3n) is 4.70. The molecule has 1 amide bonds. The predicted molar refractivity (Wildman–Crippen MR) is 101 cm³/mol. The Bertz CT molecular complexity index is 723. The predicted octanol–water partition coefficient (Wildman–Crippen LogP) is 4.67. The number of benzene rings is 1. The van der Waals surface area contributed by atoms with Crippen LogP contribution in [-0.4, -0.2) is 30.4 Å². The first kappa shape index (κ1) is 18.4.